The van der Waals surface area contributed by atoms with Gasteiger partial charge in [-0.15, -0.1) is 0 Å². The van der Waals surface area contributed by atoms with Crippen LogP contribution in [0.25, 0.3) is 0 Å². The zero-order chi connectivity index (χ0) is 21.6. The Morgan fingerprint density at radius 2 is 2.00 bits per heavy atom. The third-order valence-electron chi connectivity index (χ3n) is 6.13. The van der Waals surface area contributed by atoms with E-state index < -0.39 is 0 Å². The second-order valence-electron chi connectivity index (χ2n) is 8.38. The molecule has 1 aromatic carbocycles. The maximum absolute atomic E-state index is 12.7. The summed E-state index contributed by atoms with van der Waals surface area (Å²) in [6.07, 6.45) is 3.70. The maximum Gasteiger partial charge on any atom is 0.225 e. The van der Waals surface area contributed by atoms with Crippen molar-refractivity contribution in [2.24, 2.45) is 5.92 Å². The highest BCUT2D eigenvalue weighted by atomic mass is 35.5. The van der Waals surface area contributed by atoms with Crippen molar-refractivity contribution < 1.29 is 4.79 Å². The topological polar surface area (TPSA) is 64.6 Å². The summed E-state index contributed by atoms with van der Waals surface area (Å²) in [5.74, 6) is 0.877. The van der Waals surface area contributed by atoms with Crippen molar-refractivity contribution in [2.75, 3.05) is 62.2 Å². The third-order valence-corrected chi connectivity index (χ3v) is 6.37. The van der Waals surface area contributed by atoms with Crippen LogP contribution in [0.4, 0.5) is 11.6 Å². The van der Waals surface area contributed by atoms with E-state index in [1.165, 1.54) is 5.69 Å². The fourth-order valence-corrected chi connectivity index (χ4v) is 4.53. The summed E-state index contributed by atoms with van der Waals surface area (Å²) < 4.78 is 0. The SMILES string of the molecule is Cc1ccnc(N2CCCC(C(=O)NCCN3CCN(c4cccc(Cl)c4)CC3)C2)n1. The zero-order valence-corrected chi connectivity index (χ0v) is 18.9. The molecule has 4 rings (SSSR count). The minimum absolute atomic E-state index is 0.00228. The van der Waals surface area contributed by atoms with Gasteiger partial charge >= 0.3 is 0 Å². The Kier molecular flexibility index (Phi) is 7.25. The average molecular weight is 443 g/mol. The van der Waals surface area contributed by atoms with Gasteiger partial charge in [-0.25, -0.2) is 9.97 Å². The van der Waals surface area contributed by atoms with Gasteiger partial charge in [-0.2, -0.15) is 0 Å². The molecule has 0 aliphatic carbocycles. The van der Waals surface area contributed by atoms with Gasteiger partial charge < -0.3 is 15.1 Å². The fraction of sp³-hybridized carbons (Fsp3) is 0.522. The molecule has 0 radical (unpaired) electrons. The van der Waals surface area contributed by atoms with Crippen molar-refractivity contribution in [3.8, 4) is 0 Å². The van der Waals surface area contributed by atoms with Crippen molar-refractivity contribution >= 4 is 29.1 Å². The minimum Gasteiger partial charge on any atom is -0.369 e. The number of rotatable bonds is 6. The van der Waals surface area contributed by atoms with Crippen LogP contribution in [0.2, 0.25) is 5.02 Å². The Bertz CT molecular complexity index is 886. The van der Waals surface area contributed by atoms with E-state index in [0.29, 0.717) is 13.1 Å². The second-order valence-corrected chi connectivity index (χ2v) is 8.82. The third kappa shape index (κ3) is 5.86. The molecule has 2 aromatic rings. The van der Waals surface area contributed by atoms with Gasteiger partial charge in [0.05, 0.1) is 5.92 Å². The highest BCUT2D eigenvalue weighted by Crippen LogP contribution is 2.22. The van der Waals surface area contributed by atoms with Crippen molar-refractivity contribution in [3.05, 3.63) is 47.2 Å². The van der Waals surface area contributed by atoms with E-state index in [0.717, 1.165) is 68.8 Å². The lowest BCUT2D eigenvalue weighted by atomic mass is 9.97. The van der Waals surface area contributed by atoms with Gasteiger partial charge in [0.25, 0.3) is 0 Å². The number of nitrogens with zero attached hydrogens (tertiary/aromatic N) is 5. The quantitative estimate of drug-likeness (QED) is 0.741. The average Bonchev–Trinajstić information content (AvgIpc) is 2.79. The Morgan fingerprint density at radius 3 is 2.77 bits per heavy atom. The highest BCUT2D eigenvalue weighted by Gasteiger charge is 2.27. The monoisotopic (exact) mass is 442 g/mol. The molecular weight excluding hydrogens is 412 g/mol. The molecule has 1 unspecified atom stereocenters. The molecule has 166 valence electrons. The number of anilines is 2. The molecule has 3 heterocycles. The number of carbonyl (C=O) groups excluding carboxylic acids is 1. The summed E-state index contributed by atoms with van der Waals surface area (Å²) in [6.45, 7) is 9.06. The number of piperazine rings is 1. The predicted molar refractivity (Wildman–Crippen MR) is 125 cm³/mol. The number of benzene rings is 1. The zero-order valence-electron chi connectivity index (χ0n) is 18.1. The van der Waals surface area contributed by atoms with Gasteiger partial charge in [0.1, 0.15) is 0 Å². The number of amides is 1. The summed E-state index contributed by atoms with van der Waals surface area (Å²) in [6, 6.07) is 9.93. The first-order chi connectivity index (χ1) is 15.1. The highest BCUT2D eigenvalue weighted by molar-refractivity contribution is 6.30. The van der Waals surface area contributed by atoms with E-state index in [1.807, 2.05) is 31.2 Å². The molecule has 2 saturated heterocycles. The summed E-state index contributed by atoms with van der Waals surface area (Å²) in [4.78, 5) is 28.5. The normalized spacial score (nSPS) is 20.0. The van der Waals surface area contributed by atoms with Gasteiger partial charge in [0.15, 0.2) is 0 Å². The molecule has 0 saturated carbocycles. The Morgan fingerprint density at radius 1 is 1.16 bits per heavy atom. The van der Waals surface area contributed by atoms with E-state index in [2.05, 4.69) is 36.1 Å². The minimum atomic E-state index is -0.00228. The van der Waals surface area contributed by atoms with Crippen LogP contribution in [0.3, 0.4) is 0 Å². The van der Waals surface area contributed by atoms with Crippen molar-refractivity contribution in [2.45, 2.75) is 19.8 Å². The number of hydrogen-bond donors (Lipinski definition) is 1. The molecule has 2 aliphatic rings. The summed E-state index contributed by atoms with van der Waals surface area (Å²) in [7, 11) is 0. The summed E-state index contributed by atoms with van der Waals surface area (Å²) >= 11 is 6.12. The van der Waals surface area contributed by atoms with Crippen LogP contribution < -0.4 is 15.1 Å². The van der Waals surface area contributed by atoms with E-state index >= 15 is 0 Å². The molecule has 2 fully saturated rings. The van der Waals surface area contributed by atoms with E-state index in [1.54, 1.807) is 6.20 Å². The van der Waals surface area contributed by atoms with Gasteiger partial charge in [-0.05, 0) is 44.0 Å². The van der Waals surface area contributed by atoms with Gasteiger partial charge in [0.2, 0.25) is 11.9 Å². The van der Waals surface area contributed by atoms with Gasteiger partial charge in [-0.1, -0.05) is 17.7 Å². The van der Waals surface area contributed by atoms with Gasteiger partial charge in [-0.3, -0.25) is 9.69 Å². The Labute approximate surface area is 189 Å². The number of piperidine rings is 1. The molecule has 8 heteroatoms. The smallest absolute Gasteiger partial charge is 0.225 e. The van der Waals surface area contributed by atoms with Crippen molar-refractivity contribution in [1.29, 1.82) is 0 Å². The molecule has 1 N–H and O–H groups in total. The Balaban J connectivity index is 1.19. The van der Waals surface area contributed by atoms with E-state index in [-0.39, 0.29) is 11.8 Å². The first-order valence-electron chi connectivity index (χ1n) is 11.1. The van der Waals surface area contributed by atoms with Crippen LogP contribution in [0.5, 0.6) is 0 Å². The first kappa shape index (κ1) is 21.8. The van der Waals surface area contributed by atoms with Crippen molar-refractivity contribution in [3.63, 3.8) is 0 Å². The largest absolute Gasteiger partial charge is 0.369 e. The first-order valence-corrected chi connectivity index (χ1v) is 11.5. The molecule has 2 aliphatic heterocycles. The number of carbonyl (C=O) groups is 1. The second kappa shape index (κ2) is 10.3. The van der Waals surface area contributed by atoms with Gasteiger partial charge in [0, 0.05) is 75.0 Å². The lowest BCUT2D eigenvalue weighted by Gasteiger charge is -2.36. The van der Waals surface area contributed by atoms with Crippen LogP contribution >= 0.6 is 11.6 Å². The lowest BCUT2D eigenvalue weighted by molar-refractivity contribution is -0.125. The van der Waals surface area contributed by atoms with E-state index in [4.69, 9.17) is 11.6 Å². The van der Waals surface area contributed by atoms with Crippen LogP contribution in [0.15, 0.2) is 36.5 Å². The fourth-order valence-electron chi connectivity index (χ4n) is 4.34. The molecule has 31 heavy (non-hydrogen) atoms. The maximum atomic E-state index is 12.7. The standard InChI is InChI=1S/C23H31ClN6O/c1-18-7-8-26-23(27-18)30-10-3-4-19(17-30)22(31)25-9-11-28-12-14-29(15-13-28)21-6-2-5-20(24)16-21/h2,5-8,16,19H,3-4,9-15,17H2,1H3,(H,25,31). The number of nitrogens with one attached hydrogen (secondary N) is 1. The molecule has 1 aromatic heterocycles. The van der Waals surface area contributed by atoms with E-state index in [9.17, 15) is 4.79 Å². The Hall–Kier alpha value is -2.38. The predicted octanol–water partition coefficient (Wildman–Crippen LogP) is 2.59. The molecular formula is C23H31ClN6O. The molecule has 7 nitrogen and oxygen atoms in total. The number of aromatic nitrogens is 2. The van der Waals surface area contributed by atoms with Crippen LogP contribution in [0, 0.1) is 12.8 Å². The number of hydrogen-bond acceptors (Lipinski definition) is 6. The van der Waals surface area contributed by atoms with Crippen LogP contribution in [-0.4, -0.2) is 73.1 Å². The number of halogens is 1. The molecule has 1 atom stereocenters. The molecule has 1 amide bonds. The number of aryl methyl sites for hydroxylation is 1. The summed E-state index contributed by atoms with van der Waals surface area (Å²) in [5.41, 5.74) is 2.13. The van der Waals surface area contributed by atoms with Crippen LogP contribution in [-0.2, 0) is 4.79 Å². The molecule has 0 bridgehead atoms. The lowest BCUT2D eigenvalue weighted by Crippen LogP contribution is -2.49. The molecule has 0 spiro atoms. The van der Waals surface area contributed by atoms with Crippen LogP contribution in [0.1, 0.15) is 18.5 Å². The van der Waals surface area contributed by atoms with Crippen molar-refractivity contribution in [1.82, 2.24) is 20.2 Å². The summed E-state index contributed by atoms with van der Waals surface area (Å²) in [5, 5.41) is 3.93.